The van der Waals surface area contributed by atoms with Gasteiger partial charge in [0.15, 0.2) is 0 Å². The fourth-order valence-corrected chi connectivity index (χ4v) is 0.890. The van der Waals surface area contributed by atoms with Crippen molar-refractivity contribution in [3.8, 4) is 0 Å². The van der Waals surface area contributed by atoms with Crippen molar-refractivity contribution in [2.45, 2.75) is 16.9 Å². The SMILES string of the molecule is COC1(F)C(F)(F)C1(F)Cl.[PbH2]. The van der Waals surface area contributed by atoms with Gasteiger partial charge in [-0.05, 0) is 0 Å². The van der Waals surface area contributed by atoms with Gasteiger partial charge in [-0.1, -0.05) is 11.6 Å². The monoisotopic (exact) mass is 388 g/mol. The summed E-state index contributed by atoms with van der Waals surface area (Å²) in [6.45, 7) is 0. The molecule has 0 spiro atoms. The van der Waals surface area contributed by atoms with Gasteiger partial charge in [-0.2, -0.15) is 13.2 Å². The number of ether oxygens (including phenoxy) is 1. The van der Waals surface area contributed by atoms with E-state index < -0.39 is 16.9 Å². The molecule has 2 radical (unpaired) electrons. The van der Waals surface area contributed by atoms with E-state index in [1.807, 2.05) is 0 Å². The Balaban J connectivity index is 0.000001000. The van der Waals surface area contributed by atoms with Crippen molar-refractivity contribution >= 4 is 38.9 Å². The molecule has 0 aliphatic heterocycles. The summed E-state index contributed by atoms with van der Waals surface area (Å²) in [5.41, 5.74) is 0. The third-order valence-electron chi connectivity index (χ3n) is 1.42. The maximum absolute atomic E-state index is 12.3. The molecule has 2 atom stereocenters. The average molecular weight is 388 g/mol. The first-order valence-electron chi connectivity index (χ1n) is 2.31. The molecule has 0 aromatic heterocycles. The number of methoxy groups -OCH3 is 1. The van der Waals surface area contributed by atoms with Gasteiger partial charge in [-0.3, -0.25) is 0 Å². The van der Waals surface area contributed by atoms with Gasteiger partial charge in [0, 0.05) is 7.11 Å². The van der Waals surface area contributed by atoms with Gasteiger partial charge in [0.25, 0.3) is 0 Å². The number of hydrogen-bond donors (Lipinski definition) is 0. The molecule has 66 valence electrons. The van der Waals surface area contributed by atoms with E-state index in [9.17, 15) is 17.6 Å². The van der Waals surface area contributed by atoms with Crippen LogP contribution < -0.4 is 0 Å². The average Bonchev–Trinajstić information content (AvgIpc) is 2.11. The summed E-state index contributed by atoms with van der Waals surface area (Å²) in [6.07, 6.45) is 0. The minimum absolute atomic E-state index is 0. The van der Waals surface area contributed by atoms with Crippen molar-refractivity contribution in [3.05, 3.63) is 0 Å². The summed E-state index contributed by atoms with van der Waals surface area (Å²) in [6, 6.07) is 0. The van der Waals surface area contributed by atoms with Crippen molar-refractivity contribution in [1.29, 1.82) is 0 Å². The van der Waals surface area contributed by atoms with Crippen molar-refractivity contribution in [1.82, 2.24) is 0 Å². The van der Waals surface area contributed by atoms with Crippen LogP contribution in [0, 0.1) is 0 Å². The molecule has 1 rings (SSSR count). The Morgan fingerprint density at radius 3 is 1.45 bits per heavy atom. The summed E-state index contributed by atoms with van der Waals surface area (Å²) < 4.78 is 51.9. The molecule has 1 aliphatic rings. The van der Waals surface area contributed by atoms with Crippen LogP contribution in [0.1, 0.15) is 0 Å². The van der Waals surface area contributed by atoms with Gasteiger partial charge >= 0.3 is 44.2 Å². The van der Waals surface area contributed by atoms with E-state index in [-0.39, 0.29) is 27.3 Å². The molecule has 1 saturated carbocycles. The Labute approximate surface area is 85.2 Å². The molecule has 0 aromatic rings. The molecule has 1 fully saturated rings. The Morgan fingerprint density at radius 2 is 1.45 bits per heavy atom. The van der Waals surface area contributed by atoms with Crippen molar-refractivity contribution in [2.24, 2.45) is 0 Å². The normalized spacial score (nSPS) is 46.4. The Morgan fingerprint density at radius 1 is 1.18 bits per heavy atom. The van der Waals surface area contributed by atoms with Gasteiger partial charge in [0.2, 0.25) is 0 Å². The van der Waals surface area contributed by atoms with Crippen LogP contribution in [0.5, 0.6) is 0 Å². The van der Waals surface area contributed by atoms with E-state index in [1.165, 1.54) is 0 Å². The predicted molar refractivity (Wildman–Crippen MR) is 34.0 cm³/mol. The number of rotatable bonds is 1. The first-order valence-corrected chi connectivity index (χ1v) is 2.69. The van der Waals surface area contributed by atoms with Crippen LogP contribution in [0.3, 0.4) is 0 Å². The molecule has 0 heterocycles. The summed E-state index contributed by atoms with van der Waals surface area (Å²) in [5, 5.41) is -3.70. The Bertz CT molecular complexity index is 159. The molecular weight excluding hydrogens is 383 g/mol. The second-order valence-corrected chi connectivity index (χ2v) is 2.47. The first-order chi connectivity index (χ1) is 4.31. The van der Waals surface area contributed by atoms with Crippen LogP contribution >= 0.6 is 11.6 Å². The number of alkyl halides is 5. The zero-order valence-electron chi connectivity index (χ0n) is 5.51. The molecule has 0 saturated heterocycles. The number of halogens is 5. The van der Waals surface area contributed by atoms with E-state index in [1.54, 1.807) is 0 Å². The summed E-state index contributed by atoms with van der Waals surface area (Å²) in [4.78, 5) is 0. The topological polar surface area (TPSA) is 9.23 Å². The fraction of sp³-hybridized carbons (Fsp3) is 1.00. The van der Waals surface area contributed by atoms with Crippen LogP contribution in [-0.4, -0.2) is 51.3 Å². The summed E-state index contributed by atoms with van der Waals surface area (Å²) in [7, 11) is 0.623. The molecule has 0 amide bonds. The molecule has 1 aliphatic carbocycles. The van der Waals surface area contributed by atoms with E-state index in [0.29, 0.717) is 7.11 Å². The molecule has 2 unspecified atom stereocenters. The third kappa shape index (κ3) is 1.03. The minimum atomic E-state index is -4.24. The number of hydrogen-bond acceptors (Lipinski definition) is 1. The fourth-order valence-electron chi connectivity index (χ4n) is 0.620. The molecular formula is C4H5ClF4OPb. The Kier molecular flexibility index (Phi) is 2.91. The zero-order chi connectivity index (χ0) is 8.21. The van der Waals surface area contributed by atoms with Gasteiger partial charge in [0.1, 0.15) is 0 Å². The van der Waals surface area contributed by atoms with Gasteiger partial charge in [-0.25, -0.2) is 4.39 Å². The molecule has 0 aromatic carbocycles. The van der Waals surface area contributed by atoms with Gasteiger partial charge < -0.3 is 4.74 Å². The summed E-state index contributed by atoms with van der Waals surface area (Å²) >= 11 is 4.42. The van der Waals surface area contributed by atoms with E-state index in [4.69, 9.17) is 0 Å². The van der Waals surface area contributed by atoms with Crippen LogP contribution in [0.25, 0.3) is 0 Å². The van der Waals surface area contributed by atoms with Crippen molar-refractivity contribution in [2.75, 3.05) is 7.11 Å². The van der Waals surface area contributed by atoms with Crippen LogP contribution in [0.15, 0.2) is 0 Å². The standard InChI is InChI=1S/C4H3ClF4O.Pb.2H/c1-10-4(9)2(5,6)3(4,7)8;;;/h1H3;;;. The molecule has 0 N–H and O–H groups in total. The van der Waals surface area contributed by atoms with Crippen molar-refractivity contribution < 1.29 is 22.3 Å². The van der Waals surface area contributed by atoms with Gasteiger partial charge in [0.05, 0.1) is 0 Å². The van der Waals surface area contributed by atoms with Crippen LogP contribution in [0.4, 0.5) is 17.6 Å². The summed E-state index contributed by atoms with van der Waals surface area (Å²) in [5.74, 6) is -7.89. The van der Waals surface area contributed by atoms with Crippen LogP contribution in [0.2, 0.25) is 0 Å². The van der Waals surface area contributed by atoms with E-state index >= 15 is 0 Å². The van der Waals surface area contributed by atoms with Gasteiger partial charge in [-0.15, -0.1) is 0 Å². The third-order valence-corrected chi connectivity index (χ3v) is 1.90. The molecule has 0 bridgehead atoms. The molecule has 7 heteroatoms. The second kappa shape index (κ2) is 2.69. The predicted octanol–water partition coefficient (Wildman–Crippen LogP) is 0.936. The molecule has 1 nitrogen and oxygen atoms in total. The van der Waals surface area contributed by atoms with Crippen molar-refractivity contribution in [3.63, 3.8) is 0 Å². The van der Waals surface area contributed by atoms with Crippen LogP contribution in [-0.2, 0) is 4.74 Å². The molecule has 11 heavy (non-hydrogen) atoms. The van der Waals surface area contributed by atoms with E-state index in [2.05, 4.69) is 16.3 Å². The first kappa shape index (κ1) is 11.9. The zero-order valence-corrected chi connectivity index (χ0v) is 11.8. The Hall–Kier alpha value is 0.892. The second-order valence-electron chi connectivity index (χ2n) is 1.95. The quantitative estimate of drug-likeness (QED) is 0.370. The van der Waals surface area contributed by atoms with E-state index in [0.717, 1.165) is 0 Å². The maximum atomic E-state index is 12.3.